The highest BCUT2D eigenvalue weighted by atomic mass is 16.5. The van der Waals surface area contributed by atoms with Crippen LogP contribution in [0, 0.1) is 0 Å². The van der Waals surface area contributed by atoms with Crippen molar-refractivity contribution in [2.75, 3.05) is 13.2 Å². The van der Waals surface area contributed by atoms with Crippen LogP contribution in [-0.2, 0) is 16.1 Å². The van der Waals surface area contributed by atoms with Gasteiger partial charge in [-0.15, -0.1) is 0 Å². The third kappa shape index (κ3) is 6.67. The maximum absolute atomic E-state index is 12.2. The first-order valence-electron chi connectivity index (χ1n) is 8.39. The predicted octanol–water partition coefficient (Wildman–Crippen LogP) is 3.34. The van der Waals surface area contributed by atoms with E-state index in [0.717, 1.165) is 5.56 Å². The summed E-state index contributed by atoms with van der Waals surface area (Å²) in [6.45, 7) is 3.02. The van der Waals surface area contributed by atoms with Crippen molar-refractivity contribution in [2.45, 2.75) is 26.4 Å². The molecule has 0 aliphatic carbocycles. The van der Waals surface area contributed by atoms with Gasteiger partial charge in [-0.25, -0.2) is 0 Å². The minimum Gasteiger partial charge on any atom is -0.489 e. The van der Waals surface area contributed by atoms with Crippen LogP contribution in [0.5, 0.6) is 5.75 Å². The highest BCUT2D eigenvalue weighted by Crippen LogP contribution is 2.15. The van der Waals surface area contributed by atoms with Crippen LogP contribution in [0.3, 0.4) is 0 Å². The van der Waals surface area contributed by atoms with Crippen molar-refractivity contribution in [2.24, 2.45) is 0 Å². The smallest absolute Gasteiger partial charge is 0.305 e. The number of nitrogens with one attached hydrogen (secondary N) is 1. The van der Waals surface area contributed by atoms with Crippen molar-refractivity contribution >= 4 is 11.9 Å². The highest BCUT2D eigenvalue weighted by Gasteiger charge is 2.07. The Balaban J connectivity index is 1.79. The van der Waals surface area contributed by atoms with Crippen LogP contribution >= 0.6 is 0 Å². The molecular weight excluding hydrogens is 318 g/mol. The van der Waals surface area contributed by atoms with Gasteiger partial charge in [-0.3, -0.25) is 9.59 Å². The molecule has 0 fully saturated rings. The SMILES string of the molecule is CCOC(=O)CCCNC(=O)c1cccc(OCc2ccccc2)c1. The summed E-state index contributed by atoms with van der Waals surface area (Å²) in [5.74, 6) is 0.213. The largest absolute Gasteiger partial charge is 0.489 e. The Hall–Kier alpha value is -2.82. The van der Waals surface area contributed by atoms with Crippen LogP contribution in [0.15, 0.2) is 54.6 Å². The van der Waals surface area contributed by atoms with E-state index in [4.69, 9.17) is 9.47 Å². The first kappa shape index (κ1) is 18.5. The first-order valence-corrected chi connectivity index (χ1v) is 8.39. The molecule has 0 saturated heterocycles. The van der Waals surface area contributed by atoms with E-state index >= 15 is 0 Å². The molecule has 2 aromatic rings. The summed E-state index contributed by atoms with van der Waals surface area (Å²) in [4.78, 5) is 23.4. The second kappa shape index (κ2) is 10.1. The molecule has 5 nitrogen and oxygen atoms in total. The Morgan fingerprint density at radius 1 is 1.04 bits per heavy atom. The molecule has 0 unspecified atom stereocenters. The quantitative estimate of drug-likeness (QED) is 0.561. The molecule has 0 aliphatic heterocycles. The zero-order valence-corrected chi connectivity index (χ0v) is 14.4. The van der Waals surface area contributed by atoms with Gasteiger partial charge in [0.2, 0.25) is 0 Å². The molecule has 1 amide bonds. The summed E-state index contributed by atoms with van der Waals surface area (Å²) in [5.41, 5.74) is 1.60. The van der Waals surface area contributed by atoms with Gasteiger partial charge in [-0.05, 0) is 37.1 Å². The van der Waals surface area contributed by atoms with Gasteiger partial charge in [0.25, 0.3) is 5.91 Å². The molecule has 0 spiro atoms. The van der Waals surface area contributed by atoms with Crippen molar-refractivity contribution in [3.63, 3.8) is 0 Å². The van der Waals surface area contributed by atoms with Crippen molar-refractivity contribution in [1.82, 2.24) is 5.32 Å². The van der Waals surface area contributed by atoms with Crippen LogP contribution < -0.4 is 10.1 Å². The maximum Gasteiger partial charge on any atom is 0.305 e. The van der Waals surface area contributed by atoms with Gasteiger partial charge in [0.15, 0.2) is 0 Å². The van der Waals surface area contributed by atoms with Crippen LogP contribution in [-0.4, -0.2) is 25.0 Å². The Morgan fingerprint density at radius 3 is 2.60 bits per heavy atom. The maximum atomic E-state index is 12.2. The molecule has 0 aromatic heterocycles. The molecule has 0 atom stereocenters. The number of benzene rings is 2. The van der Waals surface area contributed by atoms with E-state index in [1.54, 1.807) is 25.1 Å². The molecule has 2 aromatic carbocycles. The number of esters is 1. The summed E-state index contributed by atoms with van der Waals surface area (Å²) in [7, 11) is 0. The van der Waals surface area contributed by atoms with Crippen molar-refractivity contribution in [3.05, 3.63) is 65.7 Å². The highest BCUT2D eigenvalue weighted by molar-refractivity contribution is 5.94. The van der Waals surface area contributed by atoms with Gasteiger partial charge in [0.1, 0.15) is 12.4 Å². The molecule has 0 heterocycles. The summed E-state index contributed by atoms with van der Waals surface area (Å²) in [6.07, 6.45) is 0.850. The number of amides is 1. The van der Waals surface area contributed by atoms with Crippen LogP contribution in [0.25, 0.3) is 0 Å². The van der Waals surface area contributed by atoms with Crippen LogP contribution in [0.1, 0.15) is 35.7 Å². The monoisotopic (exact) mass is 341 g/mol. The molecule has 5 heteroatoms. The summed E-state index contributed by atoms with van der Waals surface area (Å²) in [5, 5.41) is 2.80. The standard InChI is InChI=1S/C20H23NO4/c1-2-24-19(22)12-7-13-21-20(23)17-10-6-11-18(14-17)25-15-16-8-4-3-5-9-16/h3-6,8-11,14H,2,7,12-13,15H2,1H3,(H,21,23). The van der Waals surface area contributed by atoms with Crippen molar-refractivity contribution < 1.29 is 19.1 Å². The minimum atomic E-state index is -0.243. The molecular formula is C20H23NO4. The summed E-state index contributed by atoms with van der Waals surface area (Å²) >= 11 is 0. The van der Waals surface area contributed by atoms with Crippen molar-refractivity contribution in [1.29, 1.82) is 0 Å². The predicted molar refractivity (Wildman–Crippen MR) is 95.4 cm³/mol. The lowest BCUT2D eigenvalue weighted by molar-refractivity contribution is -0.143. The minimum absolute atomic E-state index is 0.186. The molecule has 0 aliphatic rings. The number of ether oxygens (including phenoxy) is 2. The van der Waals surface area contributed by atoms with Gasteiger partial charge in [0, 0.05) is 18.5 Å². The topological polar surface area (TPSA) is 64.6 Å². The third-order valence-electron chi connectivity index (χ3n) is 3.49. The van der Waals surface area contributed by atoms with E-state index < -0.39 is 0 Å². The number of hydrogen-bond donors (Lipinski definition) is 1. The lowest BCUT2D eigenvalue weighted by Gasteiger charge is -2.09. The average Bonchev–Trinajstić information content (AvgIpc) is 2.65. The van der Waals surface area contributed by atoms with Gasteiger partial charge >= 0.3 is 5.97 Å². The molecule has 0 saturated carbocycles. The average molecular weight is 341 g/mol. The van der Waals surface area contributed by atoms with Crippen molar-refractivity contribution in [3.8, 4) is 5.75 Å². The van der Waals surface area contributed by atoms with Gasteiger partial charge in [0.05, 0.1) is 6.61 Å². The zero-order chi connectivity index (χ0) is 17.9. The number of rotatable bonds is 9. The fraction of sp³-hybridized carbons (Fsp3) is 0.300. The second-order valence-corrected chi connectivity index (χ2v) is 5.47. The van der Waals surface area contributed by atoms with Gasteiger partial charge in [-0.1, -0.05) is 36.4 Å². The Labute approximate surface area is 148 Å². The van der Waals surface area contributed by atoms with Crippen LogP contribution in [0.4, 0.5) is 0 Å². The normalized spacial score (nSPS) is 10.1. The Bertz CT molecular complexity index is 685. The lowest BCUT2D eigenvalue weighted by atomic mass is 10.2. The molecule has 0 radical (unpaired) electrons. The molecule has 2 rings (SSSR count). The van der Waals surface area contributed by atoms with E-state index in [9.17, 15) is 9.59 Å². The molecule has 0 bridgehead atoms. The van der Waals surface area contributed by atoms with E-state index in [0.29, 0.717) is 43.9 Å². The fourth-order valence-electron chi connectivity index (χ4n) is 2.24. The second-order valence-electron chi connectivity index (χ2n) is 5.47. The van der Waals surface area contributed by atoms with E-state index in [1.807, 2.05) is 36.4 Å². The van der Waals surface area contributed by atoms with Gasteiger partial charge < -0.3 is 14.8 Å². The molecule has 132 valence electrons. The zero-order valence-electron chi connectivity index (χ0n) is 14.4. The fourth-order valence-corrected chi connectivity index (χ4v) is 2.24. The van der Waals surface area contributed by atoms with E-state index in [-0.39, 0.29) is 11.9 Å². The molecule has 1 N–H and O–H groups in total. The Morgan fingerprint density at radius 2 is 1.84 bits per heavy atom. The van der Waals surface area contributed by atoms with Crippen LogP contribution in [0.2, 0.25) is 0 Å². The molecule has 25 heavy (non-hydrogen) atoms. The lowest BCUT2D eigenvalue weighted by Crippen LogP contribution is -2.25. The van der Waals surface area contributed by atoms with Gasteiger partial charge in [-0.2, -0.15) is 0 Å². The number of carbonyl (C=O) groups is 2. The van der Waals surface area contributed by atoms with E-state index in [2.05, 4.69) is 5.32 Å². The third-order valence-corrected chi connectivity index (χ3v) is 3.49. The summed E-state index contributed by atoms with van der Waals surface area (Å²) in [6, 6.07) is 16.9. The van der Waals surface area contributed by atoms with E-state index in [1.165, 1.54) is 0 Å². The number of carbonyl (C=O) groups excluding carboxylic acids is 2. The Kier molecular flexibility index (Phi) is 7.50. The summed E-state index contributed by atoms with van der Waals surface area (Å²) < 4.78 is 10.6. The number of hydrogen-bond acceptors (Lipinski definition) is 4. The first-order chi connectivity index (χ1) is 12.2.